The van der Waals surface area contributed by atoms with Crippen LogP contribution < -0.4 is 5.32 Å². The summed E-state index contributed by atoms with van der Waals surface area (Å²) in [6.07, 6.45) is 2.65. The molecule has 0 fully saturated rings. The summed E-state index contributed by atoms with van der Waals surface area (Å²) in [7, 11) is 0. The van der Waals surface area contributed by atoms with E-state index < -0.39 is 0 Å². The number of hydrogen-bond acceptors (Lipinski definition) is 3. The van der Waals surface area contributed by atoms with Crippen molar-refractivity contribution in [3.8, 4) is 11.3 Å². The third-order valence-corrected chi connectivity index (χ3v) is 6.22. The average Bonchev–Trinajstić information content (AvgIpc) is 2.81. The monoisotopic (exact) mass is 483 g/mol. The Morgan fingerprint density at radius 2 is 1.59 bits per heavy atom. The van der Waals surface area contributed by atoms with Gasteiger partial charge in [0.15, 0.2) is 5.82 Å². The Kier molecular flexibility index (Phi) is 5.82. The SMILES string of the molecule is O=C(Cc1ccc(Br)cc1)Nc1nc2c(nc1Cc1ccccc1)-c1ccccc1CC2. The number of nitrogens with zero attached hydrogens (tertiary/aromatic N) is 2. The van der Waals surface area contributed by atoms with Gasteiger partial charge >= 0.3 is 0 Å². The molecule has 0 atom stereocenters. The molecule has 0 bridgehead atoms. The van der Waals surface area contributed by atoms with Gasteiger partial charge in [-0.2, -0.15) is 0 Å². The van der Waals surface area contributed by atoms with E-state index in [1.165, 1.54) is 5.56 Å². The van der Waals surface area contributed by atoms with Crippen LogP contribution in [0.5, 0.6) is 0 Å². The van der Waals surface area contributed by atoms with Crippen LogP contribution in [0.15, 0.2) is 83.3 Å². The van der Waals surface area contributed by atoms with Gasteiger partial charge in [0.2, 0.25) is 5.91 Å². The fourth-order valence-corrected chi connectivity index (χ4v) is 4.36. The van der Waals surface area contributed by atoms with Crippen molar-refractivity contribution < 1.29 is 4.79 Å². The largest absolute Gasteiger partial charge is 0.309 e. The maximum Gasteiger partial charge on any atom is 0.229 e. The number of halogens is 1. The number of anilines is 1. The van der Waals surface area contributed by atoms with Crippen LogP contribution >= 0.6 is 15.9 Å². The van der Waals surface area contributed by atoms with Crippen LogP contribution in [0.1, 0.15) is 28.1 Å². The Balaban J connectivity index is 1.49. The molecule has 158 valence electrons. The molecule has 0 saturated heterocycles. The first-order chi connectivity index (χ1) is 15.7. The second-order valence-corrected chi connectivity index (χ2v) is 8.90. The molecule has 32 heavy (non-hydrogen) atoms. The van der Waals surface area contributed by atoms with Gasteiger partial charge in [-0.1, -0.05) is 82.7 Å². The zero-order chi connectivity index (χ0) is 21.9. The second kappa shape index (κ2) is 9.05. The van der Waals surface area contributed by atoms with Gasteiger partial charge in [0.1, 0.15) is 0 Å². The van der Waals surface area contributed by atoms with Crippen molar-refractivity contribution in [3.63, 3.8) is 0 Å². The summed E-state index contributed by atoms with van der Waals surface area (Å²) in [5.74, 6) is 0.473. The number of aryl methyl sites for hydroxylation is 2. The fourth-order valence-electron chi connectivity index (χ4n) is 4.09. The molecule has 1 aliphatic rings. The quantitative estimate of drug-likeness (QED) is 0.391. The normalized spacial score (nSPS) is 12.0. The van der Waals surface area contributed by atoms with Gasteiger partial charge in [-0.05, 0) is 41.7 Å². The van der Waals surface area contributed by atoms with E-state index >= 15 is 0 Å². The summed E-state index contributed by atoms with van der Waals surface area (Å²) < 4.78 is 0.993. The Morgan fingerprint density at radius 1 is 0.844 bits per heavy atom. The highest BCUT2D eigenvalue weighted by molar-refractivity contribution is 9.10. The first kappa shape index (κ1) is 20.6. The van der Waals surface area contributed by atoms with Crippen molar-refractivity contribution >= 4 is 27.7 Å². The van der Waals surface area contributed by atoms with Crippen molar-refractivity contribution in [2.75, 3.05) is 5.32 Å². The van der Waals surface area contributed by atoms with Crippen molar-refractivity contribution in [3.05, 3.63) is 111 Å². The molecule has 1 aromatic heterocycles. The summed E-state index contributed by atoms with van der Waals surface area (Å²) >= 11 is 3.43. The fraction of sp³-hybridized carbons (Fsp3) is 0.148. The molecule has 1 amide bonds. The average molecular weight is 484 g/mol. The number of rotatable bonds is 5. The number of fused-ring (bicyclic) bond motifs is 3. The molecule has 4 aromatic rings. The van der Waals surface area contributed by atoms with Gasteiger partial charge in [0.25, 0.3) is 0 Å². The van der Waals surface area contributed by atoms with Gasteiger partial charge in [0, 0.05) is 16.5 Å². The van der Waals surface area contributed by atoms with Crippen molar-refractivity contribution in [2.45, 2.75) is 25.7 Å². The summed E-state index contributed by atoms with van der Waals surface area (Å²) in [5.41, 5.74) is 7.19. The highest BCUT2D eigenvalue weighted by atomic mass is 79.9. The second-order valence-electron chi connectivity index (χ2n) is 7.99. The molecule has 0 unspecified atom stereocenters. The molecule has 1 N–H and O–H groups in total. The molecule has 0 saturated carbocycles. The zero-order valence-corrected chi connectivity index (χ0v) is 19.1. The van der Waals surface area contributed by atoms with Crippen LogP contribution in [0.3, 0.4) is 0 Å². The Morgan fingerprint density at radius 3 is 2.41 bits per heavy atom. The lowest BCUT2D eigenvalue weighted by atomic mass is 9.91. The molecular weight excluding hydrogens is 462 g/mol. The summed E-state index contributed by atoms with van der Waals surface area (Å²) in [4.78, 5) is 22.8. The van der Waals surface area contributed by atoms with E-state index in [0.29, 0.717) is 18.7 Å². The van der Waals surface area contributed by atoms with Crippen LogP contribution in [-0.2, 0) is 30.5 Å². The third kappa shape index (κ3) is 4.48. The first-order valence-electron chi connectivity index (χ1n) is 10.7. The number of amides is 1. The maximum absolute atomic E-state index is 12.8. The van der Waals surface area contributed by atoms with Crippen molar-refractivity contribution in [1.82, 2.24) is 9.97 Å². The van der Waals surface area contributed by atoms with Gasteiger partial charge in [-0.3, -0.25) is 4.79 Å². The van der Waals surface area contributed by atoms with E-state index in [2.05, 4.69) is 51.6 Å². The highest BCUT2D eigenvalue weighted by Gasteiger charge is 2.22. The van der Waals surface area contributed by atoms with Gasteiger partial charge in [-0.25, -0.2) is 9.97 Å². The molecule has 0 aliphatic heterocycles. The van der Waals surface area contributed by atoms with Crippen LogP contribution in [-0.4, -0.2) is 15.9 Å². The van der Waals surface area contributed by atoms with E-state index in [1.807, 2.05) is 48.5 Å². The van der Waals surface area contributed by atoms with E-state index in [9.17, 15) is 4.79 Å². The number of aromatic nitrogens is 2. The molecule has 0 spiro atoms. The number of hydrogen-bond donors (Lipinski definition) is 1. The highest BCUT2D eigenvalue weighted by Crippen LogP contribution is 2.33. The van der Waals surface area contributed by atoms with Gasteiger partial charge in [-0.15, -0.1) is 0 Å². The molecular formula is C27H22BrN3O. The lowest BCUT2D eigenvalue weighted by molar-refractivity contribution is -0.115. The minimum atomic E-state index is -0.0907. The lowest BCUT2D eigenvalue weighted by Gasteiger charge is -2.21. The minimum absolute atomic E-state index is 0.0907. The van der Waals surface area contributed by atoms with E-state index in [4.69, 9.17) is 9.97 Å². The third-order valence-electron chi connectivity index (χ3n) is 5.69. The van der Waals surface area contributed by atoms with E-state index in [-0.39, 0.29) is 5.91 Å². The molecule has 5 rings (SSSR count). The molecule has 3 aromatic carbocycles. The lowest BCUT2D eigenvalue weighted by Crippen LogP contribution is -2.20. The molecule has 0 radical (unpaired) electrons. The minimum Gasteiger partial charge on any atom is -0.309 e. The molecule has 4 nitrogen and oxygen atoms in total. The van der Waals surface area contributed by atoms with Crippen LogP contribution in [0.4, 0.5) is 5.82 Å². The molecule has 5 heteroatoms. The van der Waals surface area contributed by atoms with Gasteiger partial charge < -0.3 is 5.32 Å². The number of benzene rings is 3. The first-order valence-corrected chi connectivity index (χ1v) is 11.5. The predicted molar refractivity (Wildman–Crippen MR) is 131 cm³/mol. The zero-order valence-electron chi connectivity index (χ0n) is 17.5. The summed E-state index contributed by atoms with van der Waals surface area (Å²) in [6, 6.07) is 26.3. The smallest absolute Gasteiger partial charge is 0.229 e. The number of carbonyl (C=O) groups is 1. The number of carbonyl (C=O) groups excluding carboxylic acids is 1. The van der Waals surface area contributed by atoms with Crippen molar-refractivity contribution in [1.29, 1.82) is 0 Å². The Labute approximate surface area is 195 Å². The Hall–Kier alpha value is -3.31. The van der Waals surface area contributed by atoms with Crippen molar-refractivity contribution in [2.24, 2.45) is 0 Å². The van der Waals surface area contributed by atoms with Crippen LogP contribution in [0.25, 0.3) is 11.3 Å². The number of nitrogens with one attached hydrogen (secondary N) is 1. The topological polar surface area (TPSA) is 54.9 Å². The summed E-state index contributed by atoms with van der Waals surface area (Å²) in [6.45, 7) is 0. The van der Waals surface area contributed by atoms with Gasteiger partial charge in [0.05, 0.1) is 23.5 Å². The molecule has 1 heterocycles. The van der Waals surface area contributed by atoms with E-state index in [0.717, 1.165) is 51.1 Å². The summed E-state index contributed by atoms with van der Waals surface area (Å²) in [5, 5.41) is 3.04. The Bertz CT molecular complexity index is 1270. The standard InChI is InChI=1S/C27H22BrN3O/c28-21-13-10-19(11-14-21)17-25(32)31-27-24(16-18-6-2-1-3-7-18)29-26-22-9-5-4-8-20(22)12-15-23(26)30-27/h1-11,13-14H,12,15-17H2,(H,30,31,32). The van der Waals surface area contributed by atoms with Crippen LogP contribution in [0.2, 0.25) is 0 Å². The van der Waals surface area contributed by atoms with Crippen LogP contribution in [0, 0.1) is 0 Å². The van der Waals surface area contributed by atoms with E-state index in [1.54, 1.807) is 0 Å². The maximum atomic E-state index is 12.8. The molecule has 1 aliphatic carbocycles. The predicted octanol–water partition coefficient (Wildman–Crippen LogP) is 5.78.